The van der Waals surface area contributed by atoms with Crippen LogP contribution in [0.5, 0.6) is 0 Å². The average Bonchev–Trinajstić information content (AvgIpc) is 2.79. The summed E-state index contributed by atoms with van der Waals surface area (Å²) in [6, 6.07) is 3.35. The molecular formula is C11H12O4S. The first-order valence-corrected chi connectivity index (χ1v) is 5.74. The lowest BCUT2D eigenvalue weighted by molar-refractivity contribution is -0.154. The zero-order chi connectivity index (χ0) is 12.1. The van der Waals surface area contributed by atoms with Crippen LogP contribution in [0.3, 0.4) is 0 Å². The van der Waals surface area contributed by atoms with Crippen LogP contribution < -0.4 is 0 Å². The molecule has 1 aromatic heterocycles. The van der Waals surface area contributed by atoms with E-state index in [-0.39, 0.29) is 12.4 Å². The Morgan fingerprint density at radius 2 is 2.12 bits per heavy atom. The van der Waals surface area contributed by atoms with E-state index in [1.54, 1.807) is 24.4 Å². The van der Waals surface area contributed by atoms with Gasteiger partial charge in [0.1, 0.15) is 0 Å². The summed E-state index contributed by atoms with van der Waals surface area (Å²) in [6.07, 6.45) is 0. The molecule has 1 rings (SSSR count). The van der Waals surface area contributed by atoms with E-state index in [9.17, 15) is 14.4 Å². The molecule has 1 aromatic rings. The van der Waals surface area contributed by atoms with Crippen LogP contribution in [0.1, 0.15) is 23.5 Å². The van der Waals surface area contributed by atoms with Gasteiger partial charge in [-0.3, -0.25) is 9.59 Å². The minimum Gasteiger partial charge on any atom is -0.460 e. The number of hydrogen-bond acceptors (Lipinski definition) is 5. The highest BCUT2D eigenvalue weighted by molar-refractivity contribution is 7.12. The molecule has 0 amide bonds. The predicted octanol–water partition coefficient (Wildman–Crippen LogP) is 1.70. The minimum atomic E-state index is -0.974. The van der Waals surface area contributed by atoms with Crippen LogP contribution in [0.15, 0.2) is 17.5 Å². The molecule has 0 fully saturated rings. The first-order valence-electron chi connectivity index (χ1n) is 4.86. The largest absolute Gasteiger partial charge is 0.460 e. The van der Waals surface area contributed by atoms with Gasteiger partial charge >= 0.3 is 5.97 Å². The van der Waals surface area contributed by atoms with Crippen molar-refractivity contribution in [2.45, 2.75) is 13.8 Å². The van der Waals surface area contributed by atoms with Crippen LogP contribution in [0, 0.1) is 5.92 Å². The number of Topliss-reactive ketones (excluding diaryl/α,β-unsaturated/α-hetero) is 2. The van der Waals surface area contributed by atoms with Crippen molar-refractivity contribution in [1.29, 1.82) is 0 Å². The van der Waals surface area contributed by atoms with Crippen LogP contribution in [-0.2, 0) is 14.3 Å². The summed E-state index contributed by atoms with van der Waals surface area (Å²) >= 11 is 1.25. The Hall–Kier alpha value is -1.49. The van der Waals surface area contributed by atoms with Gasteiger partial charge in [-0.05, 0) is 25.3 Å². The molecule has 0 aliphatic rings. The van der Waals surface area contributed by atoms with Gasteiger partial charge in [0.25, 0.3) is 5.78 Å². The van der Waals surface area contributed by atoms with Crippen molar-refractivity contribution in [3.8, 4) is 0 Å². The molecule has 16 heavy (non-hydrogen) atoms. The molecular weight excluding hydrogens is 228 g/mol. The molecule has 0 saturated heterocycles. The summed E-state index contributed by atoms with van der Waals surface area (Å²) < 4.78 is 4.56. The third-order valence-corrected chi connectivity index (χ3v) is 2.91. The molecule has 0 aliphatic carbocycles. The van der Waals surface area contributed by atoms with Gasteiger partial charge in [-0.15, -0.1) is 11.3 Å². The van der Waals surface area contributed by atoms with Gasteiger partial charge in [-0.2, -0.15) is 0 Å². The fourth-order valence-electron chi connectivity index (χ4n) is 1.13. The van der Waals surface area contributed by atoms with Crippen LogP contribution in [0.25, 0.3) is 0 Å². The van der Waals surface area contributed by atoms with Crippen LogP contribution in [0.2, 0.25) is 0 Å². The Morgan fingerprint density at radius 3 is 2.62 bits per heavy atom. The number of rotatable bonds is 5. The molecule has 1 unspecified atom stereocenters. The van der Waals surface area contributed by atoms with Crippen LogP contribution >= 0.6 is 11.3 Å². The summed E-state index contributed by atoms with van der Waals surface area (Å²) in [7, 11) is 0. The van der Waals surface area contributed by atoms with Crippen molar-refractivity contribution in [3.05, 3.63) is 22.4 Å². The zero-order valence-corrected chi connectivity index (χ0v) is 9.87. The Morgan fingerprint density at radius 1 is 1.44 bits per heavy atom. The lowest BCUT2D eigenvalue weighted by atomic mass is 10.0. The van der Waals surface area contributed by atoms with Gasteiger partial charge < -0.3 is 4.74 Å². The summed E-state index contributed by atoms with van der Waals surface area (Å²) in [4.78, 5) is 34.8. The molecule has 0 radical (unpaired) electrons. The summed E-state index contributed by atoms with van der Waals surface area (Å²) in [6.45, 7) is 3.16. The monoisotopic (exact) mass is 240 g/mol. The maximum Gasteiger partial charge on any atom is 0.375 e. The zero-order valence-electron chi connectivity index (χ0n) is 9.06. The molecule has 1 heterocycles. The molecule has 0 N–H and O–H groups in total. The standard InChI is InChI=1S/C11H12O4S/c1-3-15-11(14)10(13)7(2)9(12)8-5-4-6-16-8/h4-7H,3H2,1-2H3. The van der Waals surface area contributed by atoms with Gasteiger partial charge in [0, 0.05) is 0 Å². The van der Waals surface area contributed by atoms with E-state index >= 15 is 0 Å². The Balaban J connectivity index is 2.71. The van der Waals surface area contributed by atoms with E-state index in [0.29, 0.717) is 4.88 Å². The van der Waals surface area contributed by atoms with Crippen molar-refractivity contribution in [2.75, 3.05) is 6.61 Å². The second-order valence-electron chi connectivity index (χ2n) is 3.15. The normalized spacial score (nSPS) is 11.9. The van der Waals surface area contributed by atoms with Gasteiger partial charge in [0.2, 0.25) is 0 Å². The molecule has 0 saturated carbocycles. The fraction of sp³-hybridized carbons (Fsp3) is 0.364. The first-order chi connectivity index (χ1) is 7.57. The molecule has 86 valence electrons. The highest BCUT2D eigenvalue weighted by Gasteiger charge is 2.29. The van der Waals surface area contributed by atoms with E-state index in [1.165, 1.54) is 18.3 Å². The summed E-state index contributed by atoms with van der Waals surface area (Å²) in [5.74, 6) is -3.05. The van der Waals surface area contributed by atoms with E-state index in [1.807, 2.05) is 0 Å². The molecule has 0 aromatic carbocycles. The maximum absolute atomic E-state index is 11.7. The quantitative estimate of drug-likeness (QED) is 0.340. The van der Waals surface area contributed by atoms with E-state index in [0.717, 1.165) is 0 Å². The average molecular weight is 240 g/mol. The van der Waals surface area contributed by atoms with Gasteiger partial charge in [0.05, 0.1) is 17.4 Å². The number of thiophene rings is 1. The lowest BCUT2D eigenvalue weighted by Crippen LogP contribution is -2.29. The Bertz CT molecular complexity index is 394. The van der Waals surface area contributed by atoms with Crippen LogP contribution in [-0.4, -0.2) is 24.1 Å². The van der Waals surface area contributed by atoms with Gasteiger partial charge in [-0.25, -0.2) is 4.79 Å². The second kappa shape index (κ2) is 5.55. The van der Waals surface area contributed by atoms with Gasteiger partial charge in [0.15, 0.2) is 5.78 Å². The number of ether oxygens (including phenoxy) is 1. The molecule has 0 bridgehead atoms. The SMILES string of the molecule is CCOC(=O)C(=O)C(C)C(=O)c1cccs1. The Kier molecular flexibility index (Phi) is 4.37. The van der Waals surface area contributed by atoms with E-state index in [4.69, 9.17) is 0 Å². The topological polar surface area (TPSA) is 60.4 Å². The van der Waals surface area contributed by atoms with E-state index in [2.05, 4.69) is 4.74 Å². The van der Waals surface area contributed by atoms with Crippen molar-refractivity contribution in [2.24, 2.45) is 5.92 Å². The van der Waals surface area contributed by atoms with Crippen molar-refractivity contribution in [1.82, 2.24) is 0 Å². The van der Waals surface area contributed by atoms with Crippen LogP contribution in [0.4, 0.5) is 0 Å². The number of carbonyl (C=O) groups excluding carboxylic acids is 3. The molecule has 5 heteroatoms. The fourth-order valence-corrected chi connectivity index (χ4v) is 1.88. The van der Waals surface area contributed by atoms with Crippen molar-refractivity contribution < 1.29 is 19.1 Å². The number of ketones is 2. The van der Waals surface area contributed by atoms with Crippen molar-refractivity contribution in [3.63, 3.8) is 0 Å². The maximum atomic E-state index is 11.7. The Labute approximate surface area is 97.2 Å². The number of esters is 1. The highest BCUT2D eigenvalue weighted by Crippen LogP contribution is 2.15. The molecule has 0 aliphatic heterocycles. The number of carbonyl (C=O) groups is 3. The predicted molar refractivity (Wildman–Crippen MR) is 59.5 cm³/mol. The third kappa shape index (κ3) is 2.76. The minimum absolute atomic E-state index is 0.129. The lowest BCUT2D eigenvalue weighted by Gasteiger charge is -2.06. The molecule has 4 nitrogen and oxygen atoms in total. The highest BCUT2D eigenvalue weighted by atomic mass is 32.1. The first kappa shape index (κ1) is 12.6. The smallest absolute Gasteiger partial charge is 0.375 e. The number of hydrogen-bond donors (Lipinski definition) is 0. The third-order valence-electron chi connectivity index (χ3n) is 2.03. The molecule has 0 spiro atoms. The van der Waals surface area contributed by atoms with E-state index < -0.39 is 17.7 Å². The summed E-state index contributed by atoms with van der Waals surface area (Å²) in [5, 5.41) is 1.74. The van der Waals surface area contributed by atoms with Gasteiger partial charge in [-0.1, -0.05) is 6.07 Å². The second-order valence-corrected chi connectivity index (χ2v) is 4.10. The molecule has 1 atom stereocenters. The summed E-state index contributed by atoms with van der Waals surface area (Å²) in [5.41, 5.74) is 0. The van der Waals surface area contributed by atoms with Crippen molar-refractivity contribution >= 4 is 28.9 Å².